The first-order chi connectivity index (χ1) is 8.86. The Hall–Kier alpha value is -0.120. The summed E-state index contributed by atoms with van der Waals surface area (Å²) in [7, 11) is 0. The second kappa shape index (κ2) is 10.8. The predicted molar refractivity (Wildman–Crippen MR) is 78.1 cm³/mol. The summed E-state index contributed by atoms with van der Waals surface area (Å²) >= 11 is 0. The molecule has 0 bridgehead atoms. The predicted octanol–water partition coefficient (Wildman–Crippen LogP) is 2.66. The van der Waals surface area contributed by atoms with Crippen molar-refractivity contribution in [1.29, 1.82) is 0 Å². The van der Waals surface area contributed by atoms with Crippen molar-refractivity contribution in [2.45, 2.75) is 58.4 Å². The van der Waals surface area contributed by atoms with E-state index in [1.165, 1.54) is 51.6 Å². The summed E-state index contributed by atoms with van der Waals surface area (Å²) in [6.07, 6.45) is 8.33. The van der Waals surface area contributed by atoms with Gasteiger partial charge in [0.15, 0.2) is 0 Å². The molecule has 1 aliphatic rings. The number of rotatable bonds is 10. The number of hydrogen-bond donors (Lipinski definition) is 1. The van der Waals surface area contributed by atoms with Crippen molar-refractivity contribution in [3.05, 3.63) is 0 Å². The average molecular weight is 256 g/mol. The van der Waals surface area contributed by atoms with Crippen LogP contribution in [0.15, 0.2) is 0 Å². The zero-order chi connectivity index (χ0) is 13.1. The van der Waals surface area contributed by atoms with E-state index in [0.717, 1.165) is 32.3 Å². The lowest BCUT2D eigenvalue weighted by Crippen LogP contribution is -2.34. The molecule has 0 atom stereocenters. The van der Waals surface area contributed by atoms with Gasteiger partial charge in [0.05, 0.1) is 6.61 Å². The Morgan fingerprint density at radius 3 is 2.56 bits per heavy atom. The van der Waals surface area contributed by atoms with Gasteiger partial charge in [-0.3, -0.25) is 0 Å². The van der Waals surface area contributed by atoms with Gasteiger partial charge in [-0.2, -0.15) is 0 Å². The zero-order valence-electron chi connectivity index (χ0n) is 12.4. The van der Waals surface area contributed by atoms with Crippen LogP contribution in [0.25, 0.3) is 0 Å². The molecule has 0 radical (unpaired) electrons. The summed E-state index contributed by atoms with van der Waals surface area (Å²) in [5, 5.41) is 3.71. The van der Waals surface area contributed by atoms with Crippen molar-refractivity contribution in [1.82, 2.24) is 10.2 Å². The molecular weight excluding hydrogens is 224 g/mol. The highest BCUT2D eigenvalue weighted by atomic mass is 16.5. The van der Waals surface area contributed by atoms with Crippen LogP contribution in [0.1, 0.15) is 52.4 Å². The van der Waals surface area contributed by atoms with Gasteiger partial charge in [-0.1, -0.05) is 26.2 Å². The van der Waals surface area contributed by atoms with Crippen molar-refractivity contribution >= 4 is 0 Å². The molecule has 1 N–H and O–H groups in total. The summed E-state index contributed by atoms with van der Waals surface area (Å²) in [5.41, 5.74) is 0. The molecule has 0 unspecified atom stereocenters. The third-order valence-electron chi connectivity index (χ3n) is 3.89. The Morgan fingerprint density at radius 1 is 1.11 bits per heavy atom. The number of nitrogens with zero attached hydrogens (tertiary/aromatic N) is 1. The maximum atomic E-state index is 5.41. The van der Waals surface area contributed by atoms with Crippen LogP contribution in [0, 0.1) is 0 Å². The molecule has 1 rings (SSSR count). The summed E-state index contributed by atoms with van der Waals surface area (Å²) in [6.45, 7) is 10.6. The number of hydrogen-bond acceptors (Lipinski definition) is 3. The highest BCUT2D eigenvalue weighted by Crippen LogP contribution is 2.17. The molecule has 1 saturated carbocycles. The molecule has 18 heavy (non-hydrogen) atoms. The quantitative estimate of drug-likeness (QED) is 0.608. The maximum absolute atomic E-state index is 5.41. The SMILES string of the molecule is CCOCCN(CC)CCCNC1CCCCC1. The molecule has 0 aliphatic heterocycles. The lowest BCUT2D eigenvalue weighted by Gasteiger charge is -2.24. The van der Waals surface area contributed by atoms with Crippen LogP contribution in [0.2, 0.25) is 0 Å². The third-order valence-corrected chi connectivity index (χ3v) is 3.89. The van der Waals surface area contributed by atoms with Gasteiger partial charge >= 0.3 is 0 Å². The highest BCUT2D eigenvalue weighted by molar-refractivity contribution is 4.71. The van der Waals surface area contributed by atoms with Crippen molar-refractivity contribution in [3.8, 4) is 0 Å². The van der Waals surface area contributed by atoms with Crippen LogP contribution < -0.4 is 5.32 Å². The number of ether oxygens (including phenoxy) is 1. The minimum atomic E-state index is 0.803. The van der Waals surface area contributed by atoms with Crippen molar-refractivity contribution in [2.24, 2.45) is 0 Å². The van der Waals surface area contributed by atoms with E-state index in [1.54, 1.807) is 0 Å². The van der Waals surface area contributed by atoms with Crippen molar-refractivity contribution in [2.75, 3.05) is 39.4 Å². The summed E-state index contributed by atoms with van der Waals surface area (Å²) in [6, 6.07) is 0.803. The van der Waals surface area contributed by atoms with Crippen molar-refractivity contribution in [3.63, 3.8) is 0 Å². The lowest BCUT2D eigenvalue weighted by atomic mass is 9.95. The maximum Gasteiger partial charge on any atom is 0.0593 e. The monoisotopic (exact) mass is 256 g/mol. The van der Waals surface area contributed by atoms with E-state index in [9.17, 15) is 0 Å². The molecule has 0 amide bonds. The van der Waals surface area contributed by atoms with Crippen LogP contribution in [0.4, 0.5) is 0 Å². The first-order valence-corrected chi connectivity index (χ1v) is 7.90. The van der Waals surface area contributed by atoms with E-state index in [0.29, 0.717) is 0 Å². The van der Waals surface area contributed by atoms with Crippen LogP contribution in [0.5, 0.6) is 0 Å². The van der Waals surface area contributed by atoms with E-state index < -0.39 is 0 Å². The average Bonchev–Trinajstić information content (AvgIpc) is 2.43. The second-order valence-electron chi connectivity index (χ2n) is 5.27. The normalized spacial score (nSPS) is 17.5. The molecule has 0 aromatic carbocycles. The summed E-state index contributed by atoms with van der Waals surface area (Å²) in [5.74, 6) is 0. The smallest absolute Gasteiger partial charge is 0.0593 e. The van der Waals surface area contributed by atoms with Crippen LogP contribution in [-0.2, 0) is 4.74 Å². The topological polar surface area (TPSA) is 24.5 Å². The molecule has 0 aromatic heterocycles. The third kappa shape index (κ3) is 7.34. The molecular formula is C15H32N2O. The number of nitrogens with one attached hydrogen (secondary N) is 1. The summed E-state index contributed by atoms with van der Waals surface area (Å²) in [4.78, 5) is 2.48. The van der Waals surface area contributed by atoms with Crippen LogP contribution >= 0.6 is 0 Å². The Bertz CT molecular complexity index is 181. The van der Waals surface area contributed by atoms with Gasteiger partial charge in [0, 0.05) is 19.2 Å². The zero-order valence-corrected chi connectivity index (χ0v) is 12.4. The molecule has 0 spiro atoms. The van der Waals surface area contributed by atoms with Crippen LogP contribution in [0.3, 0.4) is 0 Å². The minimum absolute atomic E-state index is 0.803. The van der Waals surface area contributed by atoms with E-state index >= 15 is 0 Å². The Balaban J connectivity index is 1.96. The molecule has 1 aliphatic carbocycles. The fourth-order valence-corrected chi connectivity index (χ4v) is 2.68. The van der Waals surface area contributed by atoms with E-state index in [1.807, 2.05) is 0 Å². The molecule has 0 saturated heterocycles. The van der Waals surface area contributed by atoms with Gasteiger partial charge in [-0.05, 0) is 45.8 Å². The van der Waals surface area contributed by atoms with Crippen molar-refractivity contribution < 1.29 is 4.74 Å². The molecule has 0 heterocycles. The van der Waals surface area contributed by atoms with Gasteiger partial charge in [0.25, 0.3) is 0 Å². The Kier molecular flexibility index (Phi) is 9.54. The number of likely N-dealkylation sites (N-methyl/N-ethyl adjacent to an activating group) is 1. The largest absolute Gasteiger partial charge is 0.380 e. The Morgan fingerprint density at radius 2 is 1.89 bits per heavy atom. The van der Waals surface area contributed by atoms with E-state index in [4.69, 9.17) is 4.74 Å². The fourth-order valence-electron chi connectivity index (χ4n) is 2.68. The second-order valence-corrected chi connectivity index (χ2v) is 5.27. The fraction of sp³-hybridized carbons (Fsp3) is 1.00. The van der Waals surface area contributed by atoms with Gasteiger partial charge in [0.2, 0.25) is 0 Å². The Labute approximate surface area is 113 Å². The van der Waals surface area contributed by atoms with Gasteiger partial charge < -0.3 is 15.0 Å². The molecule has 3 nitrogen and oxygen atoms in total. The van der Waals surface area contributed by atoms with Gasteiger partial charge in [0.1, 0.15) is 0 Å². The van der Waals surface area contributed by atoms with Crippen LogP contribution in [-0.4, -0.2) is 50.3 Å². The molecule has 1 fully saturated rings. The minimum Gasteiger partial charge on any atom is -0.380 e. The highest BCUT2D eigenvalue weighted by Gasteiger charge is 2.11. The summed E-state index contributed by atoms with van der Waals surface area (Å²) < 4.78 is 5.41. The van der Waals surface area contributed by atoms with E-state index in [2.05, 4.69) is 24.1 Å². The first kappa shape index (κ1) is 15.9. The molecule has 0 aromatic rings. The first-order valence-electron chi connectivity index (χ1n) is 7.90. The standard InChI is InChI=1S/C15H32N2O/c1-3-17(13-14-18-4-2)12-8-11-16-15-9-6-5-7-10-15/h15-16H,3-14H2,1-2H3. The lowest BCUT2D eigenvalue weighted by molar-refractivity contribution is 0.114. The molecule has 3 heteroatoms. The van der Waals surface area contributed by atoms with Gasteiger partial charge in [-0.25, -0.2) is 0 Å². The van der Waals surface area contributed by atoms with E-state index in [-0.39, 0.29) is 0 Å². The van der Waals surface area contributed by atoms with Gasteiger partial charge in [-0.15, -0.1) is 0 Å². The molecule has 108 valence electrons.